The second-order valence-electron chi connectivity index (χ2n) is 5.55. The van der Waals surface area contributed by atoms with Gasteiger partial charge in [0.05, 0.1) is 35.2 Å². The highest BCUT2D eigenvalue weighted by atomic mass is 16.3. The summed E-state index contributed by atoms with van der Waals surface area (Å²) in [6.07, 6.45) is 6.44. The predicted octanol–water partition coefficient (Wildman–Crippen LogP) is 6.32. The monoisotopic (exact) mass is 370 g/mol. The van der Waals surface area contributed by atoms with Crippen molar-refractivity contribution in [2.24, 2.45) is 20.0 Å². The van der Waals surface area contributed by atoms with Gasteiger partial charge in [0.1, 0.15) is 23.0 Å². The lowest BCUT2D eigenvalue weighted by atomic mass is 10.2. The number of hydrogen-bond acceptors (Lipinski definition) is 6. The summed E-state index contributed by atoms with van der Waals surface area (Å²) in [5.74, 6) is 2.50. The van der Waals surface area contributed by atoms with Gasteiger partial charge in [-0.3, -0.25) is 20.0 Å². The number of furan rings is 2. The summed E-state index contributed by atoms with van der Waals surface area (Å²) >= 11 is 0. The fourth-order valence-electron chi connectivity index (χ4n) is 2.38. The lowest BCUT2D eigenvalue weighted by Crippen LogP contribution is -1.79. The van der Waals surface area contributed by atoms with Crippen LogP contribution in [0.1, 0.15) is 23.0 Å². The van der Waals surface area contributed by atoms with Crippen LogP contribution in [0, 0.1) is 0 Å². The molecule has 0 saturated heterocycles. The molecular weight excluding hydrogens is 352 g/mol. The summed E-state index contributed by atoms with van der Waals surface area (Å²) in [6.45, 7) is 14.5. The minimum absolute atomic E-state index is 0.555. The molecule has 0 bridgehead atoms. The highest BCUT2D eigenvalue weighted by Crippen LogP contribution is 2.39. The fraction of sp³-hybridized carbons (Fsp3) is 0. The zero-order chi connectivity index (χ0) is 19.9. The number of hydrogen-bond donors (Lipinski definition) is 0. The molecule has 0 fully saturated rings. The van der Waals surface area contributed by atoms with Gasteiger partial charge in [0, 0.05) is 0 Å². The topological polar surface area (TPSA) is 75.7 Å². The highest BCUT2D eigenvalue weighted by molar-refractivity contribution is 5.88. The minimum atomic E-state index is 0.555. The van der Waals surface area contributed by atoms with Crippen LogP contribution in [-0.2, 0) is 0 Å². The number of rotatable bonds is 8. The molecule has 0 spiro atoms. The standard InChI is InChI=1S/C22H18N4O2/c1-5-15-7-9-17(27-15)13-25-21-11-19(23-3)20(24-4)12-22(21)26-14-18-10-8-16(6-2)28-18/h5-14H,1-4H2. The van der Waals surface area contributed by atoms with Gasteiger partial charge in [0.25, 0.3) is 0 Å². The van der Waals surface area contributed by atoms with E-state index < -0.39 is 0 Å². The summed E-state index contributed by atoms with van der Waals surface area (Å²) in [7, 11) is 0. The molecule has 0 saturated carbocycles. The third kappa shape index (κ3) is 4.19. The Labute approximate surface area is 162 Å². The van der Waals surface area contributed by atoms with Crippen molar-refractivity contribution in [3.63, 3.8) is 0 Å². The number of nitrogens with zero attached hydrogens (tertiary/aromatic N) is 4. The Kier molecular flexibility index (Phi) is 5.72. The summed E-state index contributed by atoms with van der Waals surface area (Å²) < 4.78 is 11.1. The van der Waals surface area contributed by atoms with Crippen LogP contribution < -0.4 is 0 Å². The smallest absolute Gasteiger partial charge is 0.145 e. The van der Waals surface area contributed by atoms with E-state index in [1.165, 1.54) is 0 Å². The van der Waals surface area contributed by atoms with Crippen LogP contribution in [0.5, 0.6) is 0 Å². The molecule has 138 valence electrons. The van der Waals surface area contributed by atoms with E-state index in [0.29, 0.717) is 45.8 Å². The van der Waals surface area contributed by atoms with Gasteiger partial charge in [-0.15, -0.1) is 0 Å². The Morgan fingerprint density at radius 3 is 1.32 bits per heavy atom. The Bertz CT molecular complexity index is 1010. The van der Waals surface area contributed by atoms with E-state index in [2.05, 4.69) is 46.6 Å². The van der Waals surface area contributed by atoms with Gasteiger partial charge < -0.3 is 8.83 Å². The Hall–Kier alpha value is -4.06. The van der Waals surface area contributed by atoms with Gasteiger partial charge in [-0.2, -0.15) is 0 Å². The average molecular weight is 370 g/mol. The molecule has 0 aliphatic carbocycles. The molecule has 0 aliphatic rings. The summed E-state index contributed by atoms with van der Waals surface area (Å²) in [6, 6.07) is 10.7. The number of benzene rings is 1. The molecule has 0 radical (unpaired) electrons. The van der Waals surface area contributed by atoms with E-state index in [1.54, 1.807) is 48.8 Å². The van der Waals surface area contributed by atoms with Crippen LogP contribution in [0.3, 0.4) is 0 Å². The lowest BCUT2D eigenvalue weighted by Gasteiger charge is -2.05. The van der Waals surface area contributed by atoms with E-state index in [-0.39, 0.29) is 0 Å². The highest BCUT2D eigenvalue weighted by Gasteiger charge is 2.08. The van der Waals surface area contributed by atoms with Crippen LogP contribution in [0.4, 0.5) is 22.7 Å². The molecule has 2 heterocycles. The van der Waals surface area contributed by atoms with E-state index in [1.807, 2.05) is 12.1 Å². The molecule has 0 amide bonds. The van der Waals surface area contributed by atoms with Crippen molar-refractivity contribution in [3.8, 4) is 0 Å². The third-order valence-electron chi connectivity index (χ3n) is 3.77. The zero-order valence-corrected chi connectivity index (χ0v) is 15.2. The van der Waals surface area contributed by atoms with Gasteiger partial charge in [0.2, 0.25) is 0 Å². The summed E-state index contributed by atoms with van der Waals surface area (Å²) in [4.78, 5) is 16.9. The fourth-order valence-corrected chi connectivity index (χ4v) is 2.38. The predicted molar refractivity (Wildman–Crippen MR) is 117 cm³/mol. The maximum absolute atomic E-state index is 5.55. The van der Waals surface area contributed by atoms with E-state index >= 15 is 0 Å². The van der Waals surface area contributed by atoms with Crippen molar-refractivity contribution in [1.82, 2.24) is 0 Å². The van der Waals surface area contributed by atoms with Crippen molar-refractivity contribution < 1.29 is 8.83 Å². The molecule has 2 aromatic heterocycles. The summed E-state index contributed by atoms with van der Waals surface area (Å²) in [5.41, 5.74) is 2.25. The SMILES string of the molecule is C=Cc1ccc(C=Nc2cc(N=C)c(N=C)cc2N=Cc2ccc(C=C)o2)o1. The lowest BCUT2D eigenvalue weighted by molar-refractivity contribution is 0.550. The number of aliphatic imine (C=N–C) groups is 4. The van der Waals surface area contributed by atoms with Crippen LogP contribution in [-0.4, -0.2) is 25.9 Å². The van der Waals surface area contributed by atoms with Crippen LogP contribution >= 0.6 is 0 Å². The average Bonchev–Trinajstić information content (AvgIpc) is 3.39. The van der Waals surface area contributed by atoms with Gasteiger partial charge in [-0.05, 0) is 62.0 Å². The Morgan fingerprint density at radius 2 is 1.00 bits per heavy atom. The molecule has 1 aromatic carbocycles. The van der Waals surface area contributed by atoms with Gasteiger partial charge in [-0.25, -0.2) is 0 Å². The second-order valence-corrected chi connectivity index (χ2v) is 5.55. The molecule has 0 N–H and O–H groups in total. The van der Waals surface area contributed by atoms with Gasteiger partial charge >= 0.3 is 0 Å². The first kappa shape index (κ1) is 18.7. The largest absolute Gasteiger partial charge is 0.456 e. The van der Waals surface area contributed by atoms with Crippen LogP contribution in [0.15, 0.2) is 78.4 Å². The maximum Gasteiger partial charge on any atom is 0.145 e. The van der Waals surface area contributed by atoms with Crippen molar-refractivity contribution >= 4 is 60.8 Å². The minimum Gasteiger partial charge on any atom is -0.456 e. The second kappa shape index (κ2) is 8.55. The molecule has 0 atom stereocenters. The van der Waals surface area contributed by atoms with E-state index in [0.717, 1.165) is 0 Å². The van der Waals surface area contributed by atoms with Gasteiger partial charge in [0.15, 0.2) is 0 Å². The van der Waals surface area contributed by atoms with Crippen molar-refractivity contribution in [3.05, 3.63) is 72.6 Å². The first-order valence-corrected chi connectivity index (χ1v) is 8.31. The Balaban J connectivity index is 2.00. The van der Waals surface area contributed by atoms with E-state index in [9.17, 15) is 0 Å². The van der Waals surface area contributed by atoms with Crippen LogP contribution in [0.25, 0.3) is 12.2 Å². The molecule has 6 nitrogen and oxygen atoms in total. The molecule has 0 unspecified atom stereocenters. The Morgan fingerprint density at radius 1 is 0.607 bits per heavy atom. The first-order valence-electron chi connectivity index (χ1n) is 8.31. The molecular formula is C22H18N4O2. The van der Waals surface area contributed by atoms with Crippen molar-refractivity contribution in [2.45, 2.75) is 0 Å². The zero-order valence-electron chi connectivity index (χ0n) is 15.2. The molecule has 0 aliphatic heterocycles. The van der Waals surface area contributed by atoms with Gasteiger partial charge in [-0.1, -0.05) is 13.2 Å². The summed E-state index contributed by atoms with van der Waals surface area (Å²) in [5, 5.41) is 0. The third-order valence-corrected chi connectivity index (χ3v) is 3.77. The van der Waals surface area contributed by atoms with Crippen LogP contribution in [0.2, 0.25) is 0 Å². The molecule has 3 rings (SSSR count). The van der Waals surface area contributed by atoms with Crippen molar-refractivity contribution in [1.29, 1.82) is 0 Å². The molecule has 6 heteroatoms. The molecule has 28 heavy (non-hydrogen) atoms. The van der Waals surface area contributed by atoms with Crippen molar-refractivity contribution in [2.75, 3.05) is 0 Å². The quantitative estimate of drug-likeness (QED) is 0.435. The molecule has 3 aromatic rings. The maximum atomic E-state index is 5.55. The normalized spacial score (nSPS) is 11.1. The van der Waals surface area contributed by atoms with E-state index in [4.69, 9.17) is 8.83 Å². The first-order chi connectivity index (χ1) is 13.7.